The first kappa shape index (κ1) is 14.9. The van der Waals surface area contributed by atoms with Gasteiger partial charge in [0.1, 0.15) is 12.4 Å². The minimum atomic E-state index is -0.511. The number of nitro groups is 1. The Kier molecular flexibility index (Phi) is 3.90. The highest BCUT2D eigenvalue weighted by molar-refractivity contribution is 6.33. The van der Waals surface area contributed by atoms with Crippen LogP contribution < -0.4 is 5.32 Å². The van der Waals surface area contributed by atoms with E-state index in [9.17, 15) is 10.1 Å². The first-order chi connectivity index (χ1) is 11.0. The maximum atomic E-state index is 10.8. The molecule has 0 spiro atoms. The van der Waals surface area contributed by atoms with Crippen molar-refractivity contribution in [2.45, 2.75) is 6.92 Å². The molecule has 1 N–H and O–H groups in total. The van der Waals surface area contributed by atoms with E-state index in [2.05, 4.69) is 20.4 Å². The number of para-hydroxylation sites is 1. The van der Waals surface area contributed by atoms with Gasteiger partial charge in [-0.15, -0.1) is 0 Å². The number of hydrogen-bond donors (Lipinski definition) is 1. The number of hydrogen-bond acceptors (Lipinski definition) is 6. The minimum absolute atomic E-state index is 0.108. The van der Waals surface area contributed by atoms with E-state index in [1.807, 2.05) is 12.1 Å². The van der Waals surface area contributed by atoms with E-state index in [0.29, 0.717) is 22.5 Å². The zero-order valence-corrected chi connectivity index (χ0v) is 12.7. The number of benzene rings is 1. The molecule has 0 atom stereocenters. The first-order valence-corrected chi connectivity index (χ1v) is 6.97. The summed E-state index contributed by atoms with van der Waals surface area (Å²) in [5, 5.41) is 18.3. The van der Waals surface area contributed by atoms with Crippen LogP contribution in [-0.4, -0.2) is 24.7 Å². The van der Waals surface area contributed by atoms with Gasteiger partial charge in [0.25, 0.3) is 0 Å². The van der Waals surface area contributed by atoms with Gasteiger partial charge in [-0.25, -0.2) is 9.67 Å². The zero-order valence-electron chi connectivity index (χ0n) is 12.0. The maximum absolute atomic E-state index is 10.8. The molecule has 0 saturated carbocycles. The lowest BCUT2D eigenvalue weighted by molar-refractivity contribution is -0.384. The largest absolute Gasteiger partial charge is 0.323 e. The molecule has 8 nitrogen and oxygen atoms in total. The van der Waals surface area contributed by atoms with Crippen LogP contribution in [0.3, 0.4) is 0 Å². The summed E-state index contributed by atoms with van der Waals surface area (Å²) in [6.45, 7) is 1.79. The van der Waals surface area contributed by atoms with Gasteiger partial charge in [0.2, 0.25) is 5.95 Å². The molecular formula is C14H11ClN6O2. The average Bonchev–Trinajstić information content (AvgIpc) is 3.01. The zero-order chi connectivity index (χ0) is 16.4. The lowest BCUT2D eigenvalue weighted by Gasteiger charge is -2.09. The molecule has 0 bridgehead atoms. The quantitative estimate of drug-likeness (QED) is 0.582. The van der Waals surface area contributed by atoms with Crippen molar-refractivity contribution in [3.63, 3.8) is 0 Å². The molecule has 23 heavy (non-hydrogen) atoms. The van der Waals surface area contributed by atoms with Crippen LogP contribution in [0.5, 0.6) is 0 Å². The predicted molar refractivity (Wildman–Crippen MR) is 85.3 cm³/mol. The summed E-state index contributed by atoms with van der Waals surface area (Å²) >= 11 is 6.09. The number of nitrogens with zero attached hydrogens (tertiary/aromatic N) is 5. The first-order valence-electron chi connectivity index (χ1n) is 6.59. The number of nitrogens with one attached hydrogen (secondary N) is 1. The Morgan fingerprint density at radius 2 is 2.09 bits per heavy atom. The van der Waals surface area contributed by atoms with Crippen LogP contribution in [0, 0.1) is 17.0 Å². The Hall–Kier alpha value is -3.00. The van der Waals surface area contributed by atoms with Crippen LogP contribution in [0.25, 0.3) is 5.82 Å². The lowest BCUT2D eigenvalue weighted by atomic mass is 10.3. The van der Waals surface area contributed by atoms with Crippen LogP contribution in [0.1, 0.15) is 5.56 Å². The van der Waals surface area contributed by atoms with E-state index in [1.165, 1.54) is 17.1 Å². The fourth-order valence-electron chi connectivity index (χ4n) is 1.93. The molecule has 0 radical (unpaired) electrons. The van der Waals surface area contributed by atoms with E-state index >= 15 is 0 Å². The summed E-state index contributed by atoms with van der Waals surface area (Å²) in [6, 6.07) is 7.19. The van der Waals surface area contributed by atoms with Crippen LogP contribution in [0.2, 0.25) is 5.02 Å². The normalized spacial score (nSPS) is 10.5. The third-order valence-electron chi connectivity index (χ3n) is 3.06. The maximum Gasteiger partial charge on any atom is 0.307 e. The Bertz CT molecular complexity index is 879. The van der Waals surface area contributed by atoms with E-state index in [4.69, 9.17) is 11.6 Å². The van der Waals surface area contributed by atoms with Crippen LogP contribution in [0.4, 0.5) is 17.3 Å². The summed E-state index contributed by atoms with van der Waals surface area (Å²) in [7, 11) is 0. The number of halogens is 1. The predicted octanol–water partition coefficient (Wildman–Crippen LogP) is 3.28. The standard InChI is InChI=1S/C14H11ClN6O2/c1-9-6-16-14(18-12-5-3-2-4-11(12)15)19-13(9)20-8-10(7-17-20)21(22)23/h2-8H,1H3,(H,16,18,19). The van der Waals surface area contributed by atoms with Gasteiger partial charge in [-0.3, -0.25) is 10.1 Å². The van der Waals surface area contributed by atoms with Gasteiger partial charge < -0.3 is 5.32 Å². The molecule has 0 fully saturated rings. The van der Waals surface area contributed by atoms with Crippen molar-refractivity contribution in [2.24, 2.45) is 0 Å². The van der Waals surface area contributed by atoms with Crippen molar-refractivity contribution >= 4 is 28.9 Å². The summed E-state index contributed by atoms with van der Waals surface area (Å²) in [4.78, 5) is 18.8. The molecule has 0 aliphatic carbocycles. The van der Waals surface area contributed by atoms with Crippen molar-refractivity contribution in [1.29, 1.82) is 0 Å². The fourth-order valence-corrected chi connectivity index (χ4v) is 2.11. The molecule has 9 heteroatoms. The summed E-state index contributed by atoms with van der Waals surface area (Å²) in [6.07, 6.45) is 4.08. The highest BCUT2D eigenvalue weighted by Gasteiger charge is 2.13. The Morgan fingerprint density at radius 1 is 1.30 bits per heavy atom. The Morgan fingerprint density at radius 3 is 2.78 bits per heavy atom. The van der Waals surface area contributed by atoms with Crippen molar-refractivity contribution in [3.05, 3.63) is 63.6 Å². The molecule has 116 valence electrons. The summed E-state index contributed by atoms with van der Waals surface area (Å²) in [5.41, 5.74) is 1.28. The van der Waals surface area contributed by atoms with Gasteiger partial charge in [0.05, 0.1) is 15.6 Å². The van der Waals surface area contributed by atoms with Crippen LogP contribution in [0.15, 0.2) is 42.9 Å². The van der Waals surface area contributed by atoms with Gasteiger partial charge in [0, 0.05) is 11.8 Å². The van der Waals surface area contributed by atoms with E-state index in [1.54, 1.807) is 25.3 Å². The molecule has 0 saturated heterocycles. The monoisotopic (exact) mass is 330 g/mol. The van der Waals surface area contributed by atoms with Crippen LogP contribution >= 0.6 is 11.6 Å². The second-order valence-electron chi connectivity index (χ2n) is 4.71. The SMILES string of the molecule is Cc1cnc(Nc2ccccc2Cl)nc1-n1cc([N+](=O)[O-])cn1. The number of rotatable bonds is 4. The molecule has 0 aliphatic heterocycles. The van der Waals surface area contributed by atoms with Crippen molar-refractivity contribution in [3.8, 4) is 5.82 Å². The van der Waals surface area contributed by atoms with Gasteiger partial charge in [-0.05, 0) is 19.1 Å². The Labute approximate surface area is 135 Å². The van der Waals surface area contributed by atoms with Crippen LogP contribution in [-0.2, 0) is 0 Å². The molecule has 0 amide bonds. The Balaban J connectivity index is 1.95. The smallest absolute Gasteiger partial charge is 0.307 e. The second kappa shape index (κ2) is 6.01. The molecule has 3 rings (SSSR count). The van der Waals surface area contributed by atoms with Gasteiger partial charge >= 0.3 is 5.69 Å². The van der Waals surface area contributed by atoms with Gasteiger partial charge in [-0.1, -0.05) is 23.7 Å². The van der Waals surface area contributed by atoms with Crippen molar-refractivity contribution < 1.29 is 4.92 Å². The van der Waals surface area contributed by atoms with Gasteiger partial charge in [-0.2, -0.15) is 10.1 Å². The summed E-state index contributed by atoms with van der Waals surface area (Å²) in [5.74, 6) is 0.763. The molecular weight excluding hydrogens is 320 g/mol. The highest BCUT2D eigenvalue weighted by atomic mass is 35.5. The molecule has 0 unspecified atom stereocenters. The lowest BCUT2D eigenvalue weighted by Crippen LogP contribution is -2.06. The minimum Gasteiger partial charge on any atom is -0.323 e. The highest BCUT2D eigenvalue weighted by Crippen LogP contribution is 2.24. The van der Waals surface area contributed by atoms with E-state index in [-0.39, 0.29) is 5.69 Å². The number of aryl methyl sites for hydroxylation is 1. The van der Waals surface area contributed by atoms with Gasteiger partial charge in [0.15, 0.2) is 5.82 Å². The molecule has 3 aromatic rings. The molecule has 2 aromatic heterocycles. The second-order valence-corrected chi connectivity index (χ2v) is 5.11. The van der Waals surface area contributed by atoms with Crippen molar-refractivity contribution in [2.75, 3.05) is 5.32 Å². The average molecular weight is 331 g/mol. The van der Waals surface area contributed by atoms with E-state index < -0.39 is 4.92 Å². The third kappa shape index (κ3) is 3.11. The molecule has 2 heterocycles. The summed E-state index contributed by atoms with van der Waals surface area (Å²) < 4.78 is 1.34. The molecule has 0 aliphatic rings. The molecule has 1 aromatic carbocycles. The van der Waals surface area contributed by atoms with Crippen molar-refractivity contribution in [1.82, 2.24) is 19.7 Å². The fraction of sp³-hybridized carbons (Fsp3) is 0.0714. The third-order valence-corrected chi connectivity index (χ3v) is 3.39. The van der Waals surface area contributed by atoms with E-state index in [0.717, 1.165) is 5.56 Å². The topological polar surface area (TPSA) is 98.8 Å². The number of aromatic nitrogens is 4. The number of anilines is 2.